The van der Waals surface area contributed by atoms with Crippen molar-refractivity contribution in [2.45, 2.75) is 6.04 Å². The van der Waals surface area contributed by atoms with E-state index in [1.807, 2.05) is 23.6 Å². The van der Waals surface area contributed by atoms with Gasteiger partial charge in [-0.15, -0.1) is 11.3 Å². The van der Waals surface area contributed by atoms with Gasteiger partial charge in [0, 0.05) is 25.7 Å². The number of piperazine rings is 1. The monoisotopic (exact) mass is 317 g/mol. The Labute approximate surface area is 130 Å². The van der Waals surface area contributed by atoms with Crippen LogP contribution in [0, 0.1) is 0 Å². The Balaban J connectivity index is 1.59. The average molecular weight is 317 g/mol. The van der Waals surface area contributed by atoms with E-state index in [2.05, 4.69) is 32.6 Å². The molecule has 0 bridgehead atoms. The molecule has 22 heavy (non-hydrogen) atoms. The lowest BCUT2D eigenvalue weighted by atomic mass is 10.2. The lowest BCUT2D eigenvalue weighted by Gasteiger charge is -2.30. The predicted molar refractivity (Wildman–Crippen MR) is 81.3 cm³/mol. The molecule has 7 nitrogen and oxygen atoms in total. The summed E-state index contributed by atoms with van der Waals surface area (Å²) in [5.41, 5.74) is 0.563. The molecular weight excluding hydrogens is 302 g/mol. The van der Waals surface area contributed by atoms with Crippen molar-refractivity contribution < 1.29 is 9.05 Å². The molecule has 1 atom stereocenters. The summed E-state index contributed by atoms with van der Waals surface area (Å²) in [6.07, 6.45) is 0. The first kappa shape index (κ1) is 13.6. The maximum atomic E-state index is 5.35. The number of nitrogens with zero attached hydrogens (tertiary/aromatic N) is 4. The van der Waals surface area contributed by atoms with Gasteiger partial charge in [-0.05, 0) is 18.5 Å². The zero-order chi connectivity index (χ0) is 14.9. The van der Waals surface area contributed by atoms with Gasteiger partial charge in [-0.1, -0.05) is 16.4 Å². The first-order valence-electron chi connectivity index (χ1n) is 7.07. The standard InChI is InChI=1S/C14H15N5O2S/c1-19-5-4-15-8-10(19)13-16-14(21-18-13)9-7-11(20-17-9)12-3-2-6-22-12/h2-3,6-7,10,15H,4-5,8H2,1H3. The smallest absolute Gasteiger partial charge is 0.280 e. The minimum Gasteiger partial charge on any atom is -0.355 e. The maximum Gasteiger partial charge on any atom is 0.280 e. The molecule has 8 heteroatoms. The van der Waals surface area contributed by atoms with Crippen LogP contribution in [0.3, 0.4) is 0 Å². The number of likely N-dealkylation sites (N-methyl/N-ethyl adjacent to an activating group) is 1. The summed E-state index contributed by atoms with van der Waals surface area (Å²) < 4.78 is 10.7. The number of aromatic nitrogens is 3. The Kier molecular flexibility index (Phi) is 3.49. The maximum absolute atomic E-state index is 5.35. The summed E-state index contributed by atoms with van der Waals surface area (Å²) in [7, 11) is 2.06. The quantitative estimate of drug-likeness (QED) is 0.791. The van der Waals surface area contributed by atoms with E-state index in [1.54, 1.807) is 11.3 Å². The van der Waals surface area contributed by atoms with Crippen molar-refractivity contribution in [3.8, 4) is 22.2 Å². The van der Waals surface area contributed by atoms with Crippen molar-refractivity contribution in [1.29, 1.82) is 0 Å². The highest BCUT2D eigenvalue weighted by Crippen LogP contribution is 2.29. The van der Waals surface area contributed by atoms with Crippen LogP contribution in [-0.2, 0) is 0 Å². The molecule has 1 N–H and O–H groups in total. The van der Waals surface area contributed by atoms with E-state index >= 15 is 0 Å². The van der Waals surface area contributed by atoms with Gasteiger partial charge in [-0.2, -0.15) is 4.98 Å². The fraction of sp³-hybridized carbons (Fsp3) is 0.357. The molecule has 0 saturated carbocycles. The van der Waals surface area contributed by atoms with E-state index in [0.29, 0.717) is 23.2 Å². The zero-order valence-corrected chi connectivity index (χ0v) is 12.8. The summed E-state index contributed by atoms with van der Waals surface area (Å²) >= 11 is 1.60. The number of thiophene rings is 1. The first-order chi connectivity index (χ1) is 10.8. The average Bonchev–Trinajstić information content (AvgIpc) is 3.27. The normalized spacial score (nSPS) is 19.6. The lowest BCUT2D eigenvalue weighted by molar-refractivity contribution is 0.190. The van der Waals surface area contributed by atoms with Crippen LogP contribution < -0.4 is 5.32 Å². The van der Waals surface area contributed by atoms with E-state index < -0.39 is 0 Å². The molecule has 1 aliphatic rings. The molecule has 3 aromatic rings. The molecule has 114 valence electrons. The van der Waals surface area contributed by atoms with Crippen LogP contribution >= 0.6 is 11.3 Å². The SMILES string of the molecule is CN1CCNCC1c1noc(-c2cc(-c3cccs3)on2)n1. The zero-order valence-electron chi connectivity index (χ0n) is 12.0. The molecule has 3 aromatic heterocycles. The van der Waals surface area contributed by atoms with Crippen LogP contribution in [-0.4, -0.2) is 46.9 Å². The van der Waals surface area contributed by atoms with Gasteiger partial charge in [0.05, 0.1) is 10.9 Å². The molecule has 0 amide bonds. The number of hydrogen-bond donors (Lipinski definition) is 1. The highest BCUT2D eigenvalue weighted by molar-refractivity contribution is 7.13. The van der Waals surface area contributed by atoms with Crippen molar-refractivity contribution in [2.75, 3.05) is 26.7 Å². The van der Waals surface area contributed by atoms with Crippen LogP contribution in [0.25, 0.3) is 22.2 Å². The Morgan fingerprint density at radius 3 is 3.14 bits per heavy atom. The van der Waals surface area contributed by atoms with Gasteiger partial charge in [0.1, 0.15) is 0 Å². The predicted octanol–water partition coefficient (Wildman–Crippen LogP) is 2.03. The topological polar surface area (TPSA) is 80.2 Å². The lowest BCUT2D eigenvalue weighted by Crippen LogP contribution is -2.44. The van der Waals surface area contributed by atoms with Gasteiger partial charge in [-0.3, -0.25) is 4.90 Å². The van der Waals surface area contributed by atoms with Crippen LogP contribution in [0.2, 0.25) is 0 Å². The Bertz CT molecular complexity index is 751. The molecule has 0 aromatic carbocycles. The number of hydrogen-bond acceptors (Lipinski definition) is 8. The van der Waals surface area contributed by atoms with Crippen LogP contribution in [0.5, 0.6) is 0 Å². The van der Waals surface area contributed by atoms with Gasteiger partial charge in [-0.25, -0.2) is 0 Å². The van der Waals surface area contributed by atoms with Crippen molar-refractivity contribution in [3.63, 3.8) is 0 Å². The number of nitrogens with one attached hydrogen (secondary N) is 1. The Morgan fingerprint density at radius 1 is 1.36 bits per heavy atom. The molecule has 0 aliphatic carbocycles. The van der Waals surface area contributed by atoms with Crippen molar-refractivity contribution in [1.82, 2.24) is 25.5 Å². The summed E-state index contributed by atoms with van der Waals surface area (Å²) in [6, 6.07) is 5.90. The van der Waals surface area contributed by atoms with Crippen molar-refractivity contribution in [2.24, 2.45) is 0 Å². The largest absolute Gasteiger partial charge is 0.355 e. The second kappa shape index (κ2) is 5.64. The van der Waals surface area contributed by atoms with Crippen LogP contribution in [0.4, 0.5) is 0 Å². The molecule has 1 fully saturated rings. The third-order valence-electron chi connectivity index (χ3n) is 3.74. The highest BCUT2D eigenvalue weighted by Gasteiger charge is 2.26. The van der Waals surface area contributed by atoms with Crippen molar-refractivity contribution in [3.05, 3.63) is 29.4 Å². The summed E-state index contributed by atoms with van der Waals surface area (Å²) in [4.78, 5) is 7.71. The van der Waals surface area contributed by atoms with E-state index in [9.17, 15) is 0 Å². The van der Waals surface area contributed by atoms with Crippen molar-refractivity contribution >= 4 is 11.3 Å². The van der Waals surface area contributed by atoms with E-state index in [4.69, 9.17) is 9.05 Å². The summed E-state index contributed by atoms with van der Waals surface area (Å²) in [6.45, 7) is 2.75. The Hall–Kier alpha value is -2.03. The molecule has 0 spiro atoms. The molecular formula is C14H15N5O2S. The molecule has 4 rings (SSSR count). The van der Waals surface area contributed by atoms with E-state index in [-0.39, 0.29) is 6.04 Å². The number of rotatable bonds is 3. The van der Waals surface area contributed by atoms with Gasteiger partial charge in [0.25, 0.3) is 5.89 Å². The highest BCUT2D eigenvalue weighted by atomic mass is 32.1. The fourth-order valence-electron chi connectivity index (χ4n) is 2.48. The summed E-state index contributed by atoms with van der Waals surface area (Å²) in [5, 5.41) is 13.5. The van der Waals surface area contributed by atoms with Gasteiger partial charge in [0.15, 0.2) is 17.3 Å². The second-order valence-electron chi connectivity index (χ2n) is 5.21. The minimum absolute atomic E-state index is 0.120. The van der Waals surface area contributed by atoms with Crippen LogP contribution in [0.15, 0.2) is 32.6 Å². The Morgan fingerprint density at radius 2 is 2.32 bits per heavy atom. The van der Waals surface area contributed by atoms with Crippen LogP contribution in [0.1, 0.15) is 11.9 Å². The minimum atomic E-state index is 0.120. The van der Waals surface area contributed by atoms with Gasteiger partial charge < -0.3 is 14.4 Å². The third kappa shape index (κ3) is 2.45. The molecule has 4 heterocycles. The molecule has 1 saturated heterocycles. The molecule has 1 aliphatic heterocycles. The third-order valence-corrected chi connectivity index (χ3v) is 4.63. The van der Waals surface area contributed by atoms with Gasteiger partial charge >= 0.3 is 0 Å². The first-order valence-corrected chi connectivity index (χ1v) is 7.95. The molecule has 1 unspecified atom stereocenters. The summed E-state index contributed by atoms with van der Waals surface area (Å²) in [5.74, 6) is 1.77. The van der Waals surface area contributed by atoms with E-state index in [1.165, 1.54) is 0 Å². The fourth-order valence-corrected chi connectivity index (χ4v) is 3.15. The molecule has 0 radical (unpaired) electrons. The second-order valence-corrected chi connectivity index (χ2v) is 6.16. The van der Waals surface area contributed by atoms with E-state index in [0.717, 1.165) is 24.5 Å². The van der Waals surface area contributed by atoms with Gasteiger partial charge in [0.2, 0.25) is 0 Å².